The van der Waals surface area contributed by atoms with E-state index >= 15 is 0 Å². The summed E-state index contributed by atoms with van der Waals surface area (Å²) in [5, 5.41) is 8.20. The highest BCUT2D eigenvalue weighted by atomic mass is 16.5. The zero-order valence-electron chi connectivity index (χ0n) is 16.2. The van der Waals surface area contributed by atoms with Gasteiger partial charge >= 0.3 is 0 Å². The van der Waals surface area contributed by atoms with Gasteiger partial charge in [0.25, 0.3) is 0 Å². The lowest BCUT2D eigenvalue weighted by atomic mass is 10.1. The van der Waals surface area contributed by atoms with Crippen molar-refractivity contribution in [1.29, 1.82) is 0 Å². The Balaban J connectivity index is 1.89. The molecule has 0 aliphatic carbocycles. The standard InChI is InChI=1S/C20H25N5O2/c1-12(2)25-19-17(23-14-5-6-27-11-14)8-16(24-18(19)10-22-25)15-7-13(3)9-21-20(15)26-4/h7-10,12,14H,5-6,11H2,1-4H3,(H,23,24)/t14-/m1/s1. The summed E-state index contributed by atoms with van der Waals surface area (Å²) in [5.74, 6) is 0.568. The van der Waals surface area contributed by atoms with Crippen molar-refractivity contribution in [2.45, 2.75) is 39.3 Å². The van der Waals surface area contributed by atoms with Crippen LogP contribution in [0.1, 0.15) is 31.9 Å². The average Bonchev–Trinajstić information content (AvgIpc) is 3.31. The van der Waals surface area contributed by atoms with Crippen LogP contribution in [0.25, 0.3) is 22.3 Å². The van der Waals surface area contributed by atoms with Gasteiger partial charge in [-0.15, -0.1) is 0 Å². The van der Waals surface area contributed by atoms with E-state index in [1.807, 2.05) is 17.8 Å². The topological polar surface area (TPSA) is 74.1 Å². The van der Waals surface area contributed by atoms with E-state index in [9.17, 15) is 0 Å². The number of fused-ring (bicyclic) bond motifs is 1. The summed E-state index contributed by atoms with van der Waals surface area (Å²) in [6.07, 6.45) is 4.61. The first kappa shape index (κ1) is 17.7. The van der Waals surface area contributed by atoms with Crippen LogP contribution < -0.4 is 10.1 Å². The van der Waals surface area contributed by atoms with Crippen LogP contribution in [-0.2, 0) is 4.74 Å². The number of ether oxygens (including phenoxy) is 2. The van der Waals surface area contributed by atoms with Crippen molar-refractivity contribution in [3.63, 3.8) is 0 Å². The number of anilines is 1. The van der Waals surface area contributed by atoms with Crippen molar-refractivity contribution in [3.8, 4) is 17.1 Å². The maximum absolute atomic E-state index is 5.54. The number of aryl methyl sites for hydroxylation is 1. The summed E-state index contributed by atoms with van der Waals surface area (Å²) in [5.41, 5.74) is 5.64. The molecule has 142 valence electrons. The lowest BCUT2D eigenvalue weighted by Crippen LogP contribution is -2.20. The Morgan fingerprint density at radius 3 is 2.85 bits per heavy atom. The number of nitrogens with zero attached hydrogens (tertiary/aromatic N) is 4. The zero-order chi connectivity index (χ0) is 19.0. The third kappa shape index (κ3) is 3.35. The molecule has 4 heterocycles. The number of methoxy groups -OCH3 is 1. The SMILES string of the molecule is COc1ncc(C)cc1-c1cc(N[C@@H]2CCOC2)c2c(cnn2C(C)C)n1. The van der Waals surface area contributed by atoms with Gasteiger partial charge in [0.1, 0.15) is 11.0 Å². The molecule has 4 rings (SSSR count). The minimum atomic E-state index is 0.241. The van der Waals surface area contributed by atoms with Gasteiger partial charge in [0.15, 0.2) is 0 Å². The Morgan fingerprint density at radius 2 is 2.15 bits per heavy atom. The molecule has 0 bridgehead atoms. The Kier molecular flexibility index (Phi) is 4.70. The molecule has 7 heteroatoms. The molecule has 1 saturated heterocycles. The Bertz CT molecular complexity index is 960. The zero-order valence-corrected chi connectivity index (χ0v) is 16.2. The smallest absolute Gasteiger partial charge is 0.222 e. The van der Waals surface area contributed by atoms with Crippen LogP contribution >= 0.6 is 0 Å². The van der Waals surface area contributed by atoms with Gasteiger partial charge in [0.05, 0.1) is 42.9 Å². The van der Waals surface area contributed by atoms with E-state index < -0.39 is 0 Å². The first-order chi connectivity index (χ1) is 13.1. The molecule has 1 N–H and O–H groups in total. The Labute approximate surface area is 158 Å². The maximum Gasteiger partial charge on any atom is 0.222 e. The van der Waals surface area contributed by atoms with Gasteiger partial charge in [-0.1, -0.05) is 0 Å². The molecule has 27 heavy (non-hydrogen) atoms. The van der Waals surface area contributed by atoms with Crippen molar-refractivity contribution in [2.24, 2.45) is 0 Å². The largest absolute Gasteiger partial charge is 0.481 e. The van der Waals surface area contributed by atoms with Crippen LogP contribution in [0.4, 0.5) is 5.69 Å². The van der Waals surface area contributed by atoms with Crippen LogP contribution in [0.15, 0.2) is 24.5 Å². The van der Waals surface area contributed by atoms with E-state index in [2.05, 4.69) is 41.4 Å². The number of aromatic nitrogens is 4. The summed E-state index contributed by atoms with van der Waals surface area (Å²) >= 11 is 0. The fraction of sp³-hybridized carbons (Fsp3) is 0.450. The van der Waals surface area contributed by atoms with Crippen LogP contribution in [0.3, 0.4) is 0 Å². The van der Waals surface area contributed by atoms with Gasteiger partial charge < -0.3 is 14.8 Å². The molecule has 0 radical (unpaired) electrons. The Morgan fingerprint density at radius 1 is 1.30 bits per heavy atom. The second-order valence-electron chi connectivity index (χ2n) is 7.25. The molecular weight excluding hydrogens is 342 g/mol. The molecule has 1 aliphatic heterocycles. The molecule has 0 aromatic carbocycles. The maximum atomic E-state index is 5.54. The van der Waals surface area contributed by atoms with Crippen molar-refractivity contribution in [1.82, 2.24) is 19.7 Å². The molecule has 1 aliphatic rings. The predicted octanol–water partition coefficient (Wildman–Crippen LogP) is 3.59. The monoisotopic (exact) mass is 367 g/mol. The summed E-state index contributed by atoms with van der Waals surface area (Å²) in [6.45, 7) is 7.76. The molecule has 3 aromatic rings. The minimum Gasteiger partial charge on any atom is -0.481 e. The van der Waals surface area contributed by atoms with Crippen molar-refractivity contribution in [3.05, 3.63) is 30.1 Å². The summed E-state index contributed by atoms with van der Waals surface area (Å²) < 4.78 is 13.0. The van der Waals surface area contributed by atoms with Gasteiger partial charge in [-0.2, -0.15) is 5.10 Å². The van der Waals surface area contributed by atoms with Crippen LogP contribution in [0, 0.1) is 6.92 Å². The van der Waals surface area contributed by atoms with Gasteiger partial charge in [-0.05, 0) is 44.9 Å². The fourth-order valence-corrected chi connectivity index (χ4v) is 3.47. The normalized spacial score (nSPS) is 17.0. The second-order valence-corrected chi connectivity index (χ2v) is 7.25. The fourth-order valence-electron chi connectivity index (χ4n) is 3.47. The van der Waals surface area contributed by atoms with E-state index in [4.69, 9.17) is 14.5 Å². The number of hydrogen-bond donors (Lipinski definition) is 1. The van der Waals surface area contributed by atoms with E-state index in [-0.39, 0.29) is 12.1 Å². The first-order valence-corrected chi connectivity index (χ1v) is 9.30. The second kappa shape index (κ2) is 7.15. The molecule has 7 nitrogen and oxygen atoms in total. The van der Waals surface area contributed by atoms with Gasteiger partial charge in [0, 0.05) is 18.8 Å². The summed E-state index contributed by atoms with van der Waals surface area (Å²) in [7, 11) is 1.63. The third-order valence-corrected chi connectivity index (χ3v) is 4.79. The predicted molar refractivity (Wildman–Crippen MR) is 105 cm³/mol. The van der Waals surface area contributed by atoms with Crippen molar-refractivity contribution >= 4 is 16.7 Å². The minimum absolute atomic E-state index is 0.241. The highest BCUT2D eigenvalue weighted by Crippen LogP contribution is 2.34. The van der Waals surface area contributed by atoms with Crippen molar-refractivity contribution in [2.75, 3.05) is 25.6 Å². The molecule has 0 amide bonds. The average molecular weight is 367 g/mol. The lowest BCUT2D eigenvalue weighted by Gasteiger charge is -2.17. The number of pyridine rings is 2. The molecular formula is C20H25N5O2. The lowest BCUT2D eigenvalue weighted by molar-refractivity contribution is 0.195. The van der Waals surface area contributed by atoms with Gasteiger partial charge in [-0.3, -0.25) is 4.68 Å². The molecule has 0 spiro atoms. The molecule has 0 saturated carbocycles. The van der Waals surface area contributed by atoms with E-state index in [0.29, 0.717) is 12.5 Å². The van der Waals surface area contributed by atoms with Crippen LogP contribution in [0.2, 0.25) is 0 Å². The molecule has 3 aromatic heterocycles. The Hall–Kier alpha value is -2.67. The molecule has 0 unspecified atom stereocenters. The summed E-state index contributed by atoms with van der Waals surface area (Å²) in [4.78, 5) is 9.25. The van der Waals surface area contributed by atoms with Gasteiger partial charge in [0.2, 0.25) is 5.88 Å². The molecule has 1 fully saturated rings. The van der Waals surface area contributed by atoms with E-state index in [1.165, 1.54) is 0 Å². The van der Waals surface area contributed by atoms with Crippen molar-refractivity contribution < 1.29 is 9.47 Å². The third-order valence-electron chi connectivity index (χ3n) is 4.79. The first-order valence-electron chi connectivity index (χ1n) is 9.30. The highest BCUT2D eigenvalue weighted by Gasteiger charge is 2.21. The number of hydrogen-bond acceptors (Lipinski definition) is 6. The van der Waals surface area contributed by atoms with Crippen LogP contribution in [0.5, 0.6) is 5.88 Å². The van der Waals surface area contributed by atoms with E-state index in [1.54, 1.807) is 13.3 Å². The summed E-state index contributed by atoms with van der Waals surface area (Å²) in [6, 6.07) is 4.65. The number of nitrogens with one attached hydrogen (secondary N) is 1. The quantitative estimate of drug-likeness (QED) is 0.743. The van der Waals surface area contributed by atoms with Crippen LogP contribution in [-0.4, -0.2) is 46.1 Å². The van der Waals surface area contributed by atoms with E-state index in [0.717, 1.165) is 46.6 Å². The molecule has 1 atom stereocenters. The van der Waals surface area contributed by atoms with Gasteiger partial charge in [-0.25, -0.2) is 9.97 Å². The number of rotatable bonds is 5. The highest BCUT2D eigenvalue weighted by molar-refractivity contribution is 5.91.